The van der Waals surface area contributed by atoms with Gasteiger partial charge in [0.15, 0.2) is 0 Å². The molecule has 0 saturated heterocycles. The maximum absolute atomic E-state index is 13.0. The van der Waals surface area contributed by atoms with Crippen LogP contribution in [0.2, 0.25) is 0 Å². The molecule has 0 spiro atoms. The van der Waals surface area contributed by atoms with Gasteiger partial charge in [-0.3, -0.25) is 0 Å². The number of ether oxygens (including phenoxy) is 1. The van der Waals surface area contributed by atoms with Crippen molar-refractivity contribution in [2.75, 3.05) is 0 Å². The first kappa shape index (κ1) is 12.5. The maximum atomic E-state index is 13.0. The van der Waals surface area contributed by atoms with Crippen LogP contribution >= 0.6 is 15.9 Å². The van der Waals surface area contributed by atoms with Crippen molar-refractivity contribution in [1.29, 1.82) is 0 Å². The summed E-state index contributed by atoms with van der Waals surface area (Å²) < 4.78 is 18.6. The lowest BCUT2D eigenvalue weighted by molar-refractivity contribution is 0.0696. The summed E-state index contributed by atoms with van der Waals surface area (Å²) in [6.45, 7) is 0. The molecule has 1 aromatic carbocycles. The monoisotopic (exact) mass is 311 g/mol. The number of nitrogens with zero attached hydrogens (tertiary/aromatic N) is 1. The number of benzene rings is 1. The van der Waals surface area contributed by atoms with Gasteiger partial charge in [-0.1, -0.05) is 0 Å². The largest absolute Gasteiger partial charge is 0.478 e. The Hall–Kier alpha value is -1.95. The summed E-state index contributed by atoms with van der Waals surface area (Å²) in [6.07, 6.45) is 1.19. The van der Waals surface area contributed by atoms with E-state index in [4.69, 9.17) is 9.84 Å². The van der Waals surface area contributed by atoms with Crippen LogP contribution in [0, 0.1) is 5.82 Å². The Morgan fingerprint density at radius 1 is 1.33 bits per heavy atom. The van der Waals surface area contributed by atoms with Gasteiger partial charge in [0, 0.05) is 12.3 Å². The molecule has 0 bridgehead atoms. The van der Waals surface area contributed by atoms with Crippen molar-refractivity contribution in [3.8, 4) is 11.6 Å². The molecule has 2 aromatic rings. The SMILES string of the molecule is O=C(O)c1ccc(Oc2ccc(F)c(Br)c2)nc1. The third kappa shape index (κ3) is 2.84. The van der Waals surface area contributed by atoms with Crippen molar-refractivity contribution < 1.29 is 19.0 Å². The van der Waals surface area contributed by atoms with Gasteiger partial charge >= 0.3 is 5.97 Å². The number of carboxylic acid groups (broad SMARTS) is 1. The van der Waals surface area contributed by atoms with Gasteiger partial charge < -0.3 is 9.84 Å². The number of pyridine rings is 1. The predicted molar refractivity (Wildman–Crippen MR) is 65.4 cm³/mol. The number of carboxylic acids is 1. The molecule has 6 heteroatoms. The number of carbonyl (C=O) groups is 1. The van der Waals surface area contributed by atoms with E-state index >= 15 is 0 Å². The molecule has 1 aromatic heterocycles. The lowest BCUT2D eigenvalue weighted by Crippen LogP contribution is -1.97. The van der Waals surface area contributed by atoms with Crippen LogP contribution in [-0.2, 0) is 0 Å². The number of halogens is 2. The summed E-state index contributed by atoms with van der Waals surface area (Å²) in [6, 6.07) is 6.98. The smallest absolute Gasteiger partial charge is 0.337 e. The molecule has 0 aliphatic heterocycles. The normalized spacial score (nSPS) is 10.1. The lowest BCUT2D eigenvalue weighted by Gasteiger charge is -2.05. The van der Waals surface area contributed by atoms with Crippen molar-refractivity contribution in [2.45, 2.75) is 0 Å². The van der Waals surface area contributed by atoms with E-state index in [1.807, 2.05) is 0 Å². The molecule has 0 aliphatic carbocycles. The Balaban J connectivity index is 2.18. The third-order valence-electron chi connectivity index (χ3n) is 2.10. The molecule has 2 rings (SSSR count). The standard InChI is InChI=1S/C12H7BrFNO3/c13-9-5-8(2-3-10(9)14)18-11-4-1-7(6-15-11)12(16)17/h1-6H,(H,16,17). The second-order valence-electron chi connectivity index (χ2n) is 3.37. The van der Waals surface area contributed by atoms with Gasteiger partial charge in [0.25, 0.3) is 0 Å². The van der Waals surface area contributed by atoms with Crippen LogP contribution in [0.3, 0.4) is 0 Å². The zero-order chi connectivity index (χ0) is 13.1. The number of hydrogen-bond donors (Lipinski definition) is 1. The molecule has 1 heterocycles. The minimum atomic E-state index is -1.06. The van der Waals surface area contributed by atoms with Gasteiger partial charge in [0.1, 0.15) is 11.6 Å². The van der Waals surface area contributed by atoms with Gasteiger partial charge in [-0.15, -0.1) is 0 Å². The molecule has 0 unspecified atom stereocenters. The van der Waals surface area contributed by atoms with Gasteiger partial charge in [0.2, 0.25) is 5.88 Å². The highest BCUT2D eigenvalue weighted by molar-refractivity contribution is 9.10. The summed E-state index contributed by atoms with van der Waals surface area (Å²) in [7, 11) is 0. The van der Waals surface area contributed by atoms with E-state index in [2.05, 4.69) is 20.9 Å². The molecular formula is C12H7BrFNO3. The molecule has 0 fully saturated rings. The second kappa shape index (κ2) is 5.14. The van der Waals surface area contributed by atoms with Gasteiger partial charge in [-0.05, 0) is 40.2 Å². The molecule has 92 valence electrons. The topological polar surface area (TPSA) is 59.4 Å². The zero-order valence-corrected chi connectivity index (χ0v) is 10.5. The summed E-state index contributed by atoms with van der Waals surface area (Å²) >= 11 is 3.04. The molecule has 18 heavy (non-hydrogen) atoms. The van der Waals surface area contributed by atoms with E-state index in [1.54, 1.807) is 0 Å². The minimum absolute atomic E-state index is 0.0719. The van der Waals surface area contributed by atoms with E-state index in [0.717, 1.165) is 0 Å². The van der Waals surface area contributed by atoms with Gasteiger partial charge in [-0.25, -0.2) is 14.2 Å². The molecule has 0 amide bonds. The Labute approximate surface area is 110 Å². The van der Waals surface area contributed by atoms with E-state index in [-0.39, 0.29) is 15.9 Å². The number of hydrogen-bond acceptors (Lipinski definition) is 3. The lowest BCUT2D eigenvalue weighted by atomic mass is 10.3. The third-order valence-corrected chi connectivity index (χ3v) is 2.70. The Bertz CT molecular complexity index is 586. The highest BCUT2D eigenvalue weighted by atomic mass is 79.9. The average Bonchev–Trinajstić information content (AvgIpc) is 2.34. The van der Waals surface area contributed by atoms with Crippen molar-refractivity contribution in [1.82, 2.24) is 4.98 Å². The molecule has 0 aliphatic rings. The average molecular weight is 312 g/mol. The Morgan fingerprint density at radius 3 is 2.67 bits per heavy atom. The molecule has 0 atom stereocenters. The quantitative estimate of drug-likeness (QED) is 0.943. The van der Waals surface area contributed by atoms with Crippen LogP contribution in [0.15, 0.2) is 41.0 Å². The predicted octanol–water partition coefficient (Wildman–Crippen LogP) is 3.47. The first-order chi connectivity index (χ1) is 8.56. The number of rotatable bonds is 3. The molecule has 0 saturated carbocycles. The summed E-state index contributed by atoms with van der Waals surface area (Å²) in [4.78, 5) is 14.5. The Morgan fingerprint density at radius 2 is 2.11 bits per heavy atom. The summed E-state index contributed by atoms with van der Waals surface area (Å²) in [5.74, 6) is -0.813. The van der Waals surface area contributed by atoms with Gasteiger partial charge in [-0.2, -0.15) is 0 Å². The van der Waals surface area contributed by atoms with Crippen molar-refractivity contribution in [2.24, 2.45) is 0 Å². The maximum Gasteiger partial charge on any atom is 0.337 e. The van der Waals surface area contributed by atoms with Crippen LogP contribution in [-0.4, -0.2) is 16.1 Å². The van der Waals surface area contributed by atoms with Gasteiger partial charge in [0.05, 0.1) is 10.0 Å². The van der Waals surface area contributed by atoms with Crippen molar-refractivity contribution >= 4 is 21.9 Å². The van der Waals surface area contributed by atoms with Crippen molar-refractivity contribution in [3.05, 3.63) is 52.4 Å². The fourth-order valence-electron chi connectivity index (χ4n) is 1.23. The summed E-state index contributed by atoms with van der Waals surface area (Å²) in [5.41, 5.74) is 0.0719. The van der Waals surface area contributed by atoms with Crippen LogP contribution in [0.1, 0.15) is 10.4 Å². The molecule has 1 N–H and O–H groups in total. The fourth-order valence-corrected chi connectivity index (χ4v) is 1.59. The van der Waals surface area contributed by atoms with Crippen LogP contribution < -0.4 is 4.74 Å². The molecule has 0 radical (unpaired) electrons. The first-order valence-corrected chi connectivity index (χ1v) is 5.68. The van der Waals surface area contributed by atoms with E-state index in [1.165, 1.54) is 36.5 Å². The second-order valence-corrected chi connectivity index (χ2v) is 4.22. The molecule has 4 nitrogen and oxygen atoms in total. The minimum Gasteiger partial charge on any atom is -0.478 e. The molecular weight excluding hydrogens is 305 g/mol. The van der Waals surface area contributed by atoms with Crippen LogP contribution in [0.25, 0.3) is 0 Å². The van der Waals surface area contributed by atoms with E-state index in [9.17, 15) is 9.18 Å². The zero-order valence-electron chi connectivity index (χ0n) is 8.93. The van der Waals surface area contributed by atoms with Crippen molar-refractivity contribution in [3.63, 3.8) is 0 Å². The van der Waals surface area contributed by atoms with E-state index in [0.29, 0.717) is 5.75 Å². The number of aromatic carboxylic acids is 1. The fraction of sp³-hybridized carbons (Fsp3) is 0. The summed E-state index contributed by atoms with van der Waals surface area (Å²) in [5, 5.41) is 8.70. The highest BCUT2D eigenvalue weighted by Crippen LogP contribution is 2.25. The van der Waals surface area contributed by atoms with E-state index < -0.39 is 11.8 Å². The Kier molecular flexibility index (Phi) is 3.57. The highest BCUT2D eigenvalue weighted by Gasteiger charge is 2.06. The number of aromatic nitrogens is 1. The van der Waals surface area contributed by atoms with Crippen LogP contribution in [0.5, 0.6) is 11.6 Å². The first-order valence-electron chi connectivity index (χ1n) is 4.88. The van der Waals surface area contributed by atoms with Crippen LogP contribution in [0.4, 0.5) is 4.39 Å².